The number of hydrogen-bond acceptors (Lipinski definition) is 3. The Morgan fingerprint density at radius 1 is 1.70 bits per heavy atom. The van der Waals surface area contributed by atoms with Crippen molar-refractivity contribution in [2.45, 2.75) is 0 Å². The quantitative estimate of drug-likeness (QED) is 0.367. The molecule has 0 aliphatic rings. The number of ether oxygens (including phenoxy) is 1. The van der Waals surface area contributed by atoms with Crippen molar-refractivity contribution in [1.29, 1.82) is 5.41 Å². The Balaban J connectivity index is 3.94. The number of nitrogens with one attached hydrogen (secondary N) is 2. The molecule has 0 radical (unpaired) electrons. The lowest BCUT2D eigenvalue weighted by atomic mass is 10.8. The predicted molar refractivity (Wildman–Crippen MR) is 37.0 cm³/mol. The Hall–Kier alpha value is -1.26. The van der Waals surface area contributed by atoms with Crippen LogP contribution >= 0.6 is 0 Å². The molecule has 0 unspecified atom stereocenters. The number of hydrogen-bond donors (Lipinski definition) is 2. The number of amides is 2. The highest BCUT2D eigenvalue weighted by Gasteiger charge is 2.10. The zero-order valence-corrected chi connectivity index (χ0v) is 6.26. The molecule has 58 valence electrons. The molecule has 0 saturated carbocycles. The maximum atomic E-state index is 10.7. The summed E-state index contributed by atoms with van der Waals surface area (Å²) in [6, 6.07) is -0.550. The van der Waals surface area contributed by atoms with Crippen LogP contribution in [-0.2, 0) is 4.74 Å². The van der Waals surface area contributed by atoms with Crippen molar-refractivity contribution < 1.29 is 9.53 Å². The van der Waals surface area contributed by atoms with Crippen molar-refractivity contribution in [3.05, 3.63) is 0 Å². The first-order valence-corrected chi connectivity index (χ1v) is 2.71. The van der Waals surface area contributed by atoms with Gasteiger partial charge in [-0.25, -0.2) is 4.79 Å². The van der Waals surface area contributed by atoms with E-state index >= 15 is 0 Å². The summed E-state index contributed by atoms with van der Waals surface area (Å²) >= 11 is 0. The molecule has 0 atom stereocenters. The van der Waals surface area contributed by atoms with E-state index in [0.29, 0.717) is 0 Å². The lowest BCUT2D eigenvalue weighted by molar-refractivity contribution is 0.218. The third kappa shape index (κ3) is 1.93. The lowest BCUT2D eigenvalue weighted by Crippen LogP contribution is -2.39. The summed E-state index contributed by atoms with van der Waals surface area (Å²) in [7, 11) is 4.27. The van der Waals surface area contributed by atoms with Crippen molar-refractivity contribution in [3.63, 3.8) is 0 Å². The molecule has 0 fully saturated rings. The molecule has 0 aromatic carbocycles. The maximum Gasteiger partial charge on any atom is 0.324 e. The molecular weight excluding hydrogens is 134 g/mol. The van der Waals surface area contributed by atoms with Crippen LogP contribution in [0.3, 0.4) is 0 Å². The molecule has 2 amide bonds. The Bertz CT molecular complexity index is 130. The highest BCUT2D eigenvalue weighted by atomic mass is 16.5. The smallest absolute Gasteiger partial charge is 0.324 e. The Kier molecular flexibility index (Phi) is 3.24. The second-order valence-electron chi connectivity index (χ2n) is 1.62. The second-order valence-corrected chi connectivity index (χ2v) is 1.62. The number of methoxy groups -OCH3 is 1. The van der Waals surface area contributed by atoms with E-state index in [9.17, 15) is 4.79 Å². The van der Waals surface area contributed by atoms with Crippen molar-refractivity contribution in [2.75, 3.05) is 21.2 Å². The third-order valence-corrected chi connectivity index (χ3v) is 1.02. The third-order valence-electron chi connectivity index (χ3n) is 1.02. The summed E-state index contributed by atoms with van der Waals surface area (Å²) in [6.45, 7) is 0. The van der Waals surface area contributed by atoms with Crippen LogP contribution in [-0.4, -0.2) is 38.2 Å². The fourth-order valence-corrected chi connectivity index (χ4v) is 0.397. The summed E-state index contributed by atoms with van der Waals surface area (Å²) in [6.07, 6.45) is 0. The van der Waals surface area contributed by atoms with Gasteiger partial charge in [0.2, 0.25) is 0 Å². The summed E-state index contributed by atoms with van der Waals surface area (Å²) in [4.78, 5) is 11.8. The van der Waals surface area contributed by atoms with E-state index in [1.54, 1.807) is 0 Å². The normalized spacial score (nSPS) is 8.30. The molecule has 0 aliphatic carbocycles. The molecule has 0 spiro atoms. The summed E-state index contributed by atoms with van der Waals surface area (Å²) in [5, 5.41) is 9.37. The van der Waals surface area contributed by atoms with Crippen molar-refractivity contribution >= 4 is 12.1 Å². The minimum Gasteiger partial charge on any atom is -0.468 e. The number of urea groups is 1. The van der Waals surface area contributed by atoms with Crippen molar-refractivity contribution in [2.24, 2.45) is 0 Å². The number of nitrogens with zero attached hydrogens (tertiary/aromatic N) is 1. The number of carbonyl (C=O) groups is 1. The Morgan fingerprint density at radius 2 is 2.20 bits per heavy atom. The first-order chi connectivity index (χ1) is 4.63. The van der Waals surface area contributed by atoms with Gasteiger partial charge in [0.25, 0.3) is 6.02 Å². The Morgan fingerprint density at radius 3 is 2.50 bits per heavy atom. The van der Waals surface area contributed by atoms with Crippen LogP contribution in [0.15, 0.2) is 0 Å². The van der Waals surface area contributed by atoms with Crippen LogP contribution in [0, 0.1) is 5.41 Å². The van der Waals surface area contributed by atoms with E-state index in [1.807, 2.05) is 0 Å². The zero-order valence-electron chi connectivity index (χ0n) is 6.26. The van der Waals surface area contributed by atoms with Gasteiger partial charge in [-0.3, -0.25) is 10.3 Å². The standard InChI is InChI=1S/C5H11N3O2/c1-7-5(9)8(2)4(6)10-3/h6H,1-3H3,(H,7,9). The average molecular weight is 145 g/mol. The molecule has 0 aromatic heterocycles. The van der Waals surface area contributed by atoms with Gasteiger partial charge in [0, 0.05) is 14.1 Å². The zero-order chi connectivity index (χ0) is 8.15. The maximum absolute atomic E-state index is 10.7. The number of amidine groups is 1. The van der Waals surface area contributed by atoms with E-state index in [2.05, 4.69) is 10.1 Å². The largest absolute Gasteiger partial charge is 0.468 e. The van der Waals surface area contributed by atoms with Gasteiger partial charge in [0.05, 0.1) is 7.11 Å². The summed E-state index contributed by atoms with van der Waals surface area (Å²) in [5.41, 5.74) is 0. The summed E-state index contributed by atoms with van der Waals surface area (Å²) < 4.78 is 4.48. The molecule has 0 bridgehead atoms. The first-order valence-electron chi connectivity index (χ1n) is 2.71. The van der Waals surface area contributed by atoms with Gasteiger partial charge in [-0.15, -0.1) is 0 Å². The van der Waals surface area contributed by atoms with Crippen LogP contribution in [0.5, 0.6) is 0 Å². The number of rotatable bonds is 0. The molecule has 5 nitrogen and oxygen atoms in total. The van der Waals surface area contributed by atoms with Gasteiger partial charge in [-0.1, -0.05) is 0 Å². The van der Waals surface area contributed by atoms with Gasteiger partial charge in [-0.05, 0) is 0 Å². The van der Waals surface area contributed by atoms with Crippen molar-refractivity contribution in [3.8, 4) is 0 Å². The van der Waals surface area contributed by atoms with Crippen molar-refractivity contribution in [1.82, 2.24) is 10.2 Å². The minimum absolute atomic E-state index is 0.181. The Labute approximate surface area is 59.5 Å². The van der Waals surface area contributed by atoms with Crippen LogP contribution in [0.4, 0.5) is 4.79 Å². The van der Waals surface area contributed by atoms with E-state index in [1.165, 1.54) is 21.2 Å². The molecule has 2 N–H and O–H groups in total. The SMILES string of the molecule is CNC(=O)N(C)C(=N)OC. The molecule has 0 aliphatic heterocycles. The molecule has 0 heterocycles. The molecule has 10 heavy (non-hydrogen) atoms. The fraction of sp³-hybridized carbons (Fsp3) is 0.600. The highest BCUT2D eigenvalue weighted by Crippen LogP contribution is 1.85. The average Bonchev–Trinajstić information content (AvgIpc) is 2.00. The number of carbonyl (C=O) groups excluding carboxylic acids is 1. The van der Waals surface area contributed by atoms with Gasteiger partial charge in [0.15, 0.2) is 0 Å². The van der Waals surface area contributed by atoms with Crippen LogP contribution < -0.4 is 5.32 Å². The lowest BCUT2D eigenvalue weighted by Gasteiger charge is -2.14. The van der Waals surface area contributed by atoms with E-state index in [0.717, 1.165) is 4.90 Å². The fourth-order valence-electron chi connectivity index (χ4n) is 0.397. The monoisotopic (exact) mass is 145 g/mol. The van der Waals surface area contributed by atoms with Gasteiger partial charge in [0.1, 0.15) is 0 Å². The topological polar surface area (TPSA) is 65.4 Å². The molecular formula is C5H11N3O2. The molecule has 0 aromatic rings. The van der Waals surface area contributed by atoms with Crippen LogP contribution in [0.1, 0.15) is 0 Å². The van der Waals surface area contributed by atoms with Gasteiger partial charge < -0.3 is 10.1 Å². The van der Waals surface area contributed by atoms with Crippen LogP contribution in [0.25, 0.3) is 0 Å². The molecule has 5 heteroatoms. The molecule has 0 rings (SSSR count). The van der Waals surface area contributed by atoms with E-state index in [-0.39, 0.29) is 12.1 Å². The van der Waals surface area contributed by atoms with E-state index < -0.39 is 0 Å². The second kappa shape index (κ2) is 3.71. The summed E-state index contributed by atoms with van der Waals surface area (Å²) in [5.74, 6) is 0. The predicted octanol–water partition coefficient (Wildman–Crippen LogP) is -0.161. The van der Waals surface area contributed by atoms with Gasteiger partial charge in [-0.2, -0.15) is 0 Å². The first kappa shape index (κ1) is 8.74. The van der Waals surface area contributed by atoms with Crippen LogP contribution in [0.2, 0.25) is 0 Å². The van der Waals surface area contributed by atoms with E-state index in [4.69, 9.17) is 5.41 Å². The van der Waals surface area contributed by atoms with Gasteiger partial charge >= 0.3 is 6.03 Å². The minimum atomic E-state index is -0.369. The molecule has 0 saturated heterocycles. The highest BCUT2D eigenvalue weighted by molar-refractivity contribution is 5.91.